The maximum atomic E-state index is 13.5. The minimum absolute atomic E-state index is 0. The highest BCUT2D eigenvalue weighted by atomic mass is 35.5. The first kappa shape index (κ1) is 23.9. The second kappa shape index (κ2) is 13.1. The molecule has 0 bridgehead atoms. The molecule has 2 aliphatic heterocycles. The monoisotopic (exact) mass is 423 g/mol. The molecular formula is C18H28Cl2FN3O3. The van der Waals surface area contributed by atoms with Crippen molar-refractivity contribution in [2.45, 2.75) is 25.7 Å². The predicted octanol–water partition coefficient (Wildman–Crippen LogP) is 3.95. The van der Waals surface area contributed by atoms with Crippen LogP contribution in [0.5, 0.6) is 5.75 Å². The molecule has 3 rings (SSSR count). The van der Waals surface area contributed by atoms with Gasteiger partial charge in [-0.15, -0.1) is 24.0 Å². The summed E-state index contributed by atoms with van der Waals surface area (Å²) in [4.78, 5) is 14.5. The van der Waals surface area contributed by atoms with Gasteiger partial charge in [0, 0.05) is 25.0 Å². The molecule has 9 heteroatoms. The maximum Gasteiger partial charge on any atom is 0.272 e. The van der Waals surface area contributed by atoms with Crippen molar-refractivity contribution in [2.75, 3.05) is 51.8 Å². The van der Waals surface area contributed by atoms with Gasteiger partial charge in [0.25, 0.3) is 5.69 Å². The van der Waals surface area contributed by atoms with Crippen LogP contribution >= 0.6 is 24.0 Å². The normalized spacial score (nSPS) is 17.1. The van der Waals surface area contributed by atoms with Gasteiger partial charge >= 0.3 is 0 Å². The van der Waals surface area contributed by atoms with Crippen molar-refractivity contribution in [2.24, 2.45) is 0 Å². The van der Waals surface area contributed by atoms with E-state index in [0.29, 0.717) is 6.61 Å². The number of alkyl halides is 1. The van der Waals surface area contributed by atoms with E-state index in [-0.39, 0.29) is 23.8 Å². The Balaban J connectivity index is 0.000000342. The van der Waals surface area contributed by atoms with Gasteiger partial charge in [0.1, 0.15) is 6.61 Å². The van der Waals surface area contributed by atoms with Gasteiger partial charge in [0.15, 0.2) is 11.6 Å². The van der Waals surface area contributed by atoms with E-state index in [0.717, 1.165) is 38.1 Å². The molecule has 0 aromatic heterocycles. The molecule has 0 atom stereocenters. The van der Waals surface area contributed by atoms with Crippen molar-refractivity contribution in [3.63, 3.8) is 0 Å². The number of nitro benzene ring substituents is 1. The van der Waals surface area contributed by atoms with Crippen molar-refractivity contribution in [3.8, 4) is 5.75 Å². The van der Waals surface area contributed by atoms with Gasteiger partial charge in [-0.05, 0) is 57.9 Å². The minimum Gasteiger partial charge on any atom is -0.489 e. The van der Waals surface area contributed by atoms with Crippen molar-refractivity contribution >= 4 is 29.7 Å². The van der Waals surface area contributed by atoms with Crippen molar-refractivity contribution in [3.05, 3.63) is 34.1 Å². The summed E-state index contributed by atoms with van der Waals surface area (Å²) in [7, 11) is 0. The molecule has 27 heavy (non-hydrogen) atoms. The zero-order chi connectivity index (χ0) is 18.8. The summed E-state index contributed by atoms with van der Waals surface area (Å²) in [6.07, 6.45) is 5.14. The number of ether oxygens (including phenoxy) is 1. The maximum absolute atomic E-state index is 13.5. The quantitative estimate of drug-likeness (QED) is 0.377. The first-order chi connectivity index (χ1) is 12.6. The number of non-ortho nitro benzene ring substituents is 1. The molecule has 0 spiro atoms. The number of hydrogen-bond acceptors (Lipinski definition) is 5. The highest BCUT2D eigenvalue weighted by Crippen LogP contribution is 2.22. The molecule has 2 heterocycles. The fourth-order valence-corrected chi connectivity index (χ4v) is 3.38. The van der Waals surface area contributed by atoms with Crippen LogP contribution in [-0.2, 0) is 0 Å². The van der Waals surface area contributed by atoms with Crippen LogP contribution in [0.15, 0.2) is 18.2 Å². The number of rotatable bonds is 7. The molecule has 2 aliphatic rings. The van der Waals surface area contributed by atoms with Gasteiger partial charge < -0.3 is 9.64 Å². The smallest absolute Gasteiger partial charge is 0.272 e. The number of nitro groups is 1. The second-order valence-electron chi connectivity index (χ2n) is 6.51. The van der Waals surface area contributed by atoms with E-state index in [4.69, 9.17) is 16.3 Å². The first-order valence-corrected chi connectivity index (χ1v) is 9.71. The van der Waals surface area contributed by atoms with Crippen LogP contribution in [0.3, 0.4) is 0 Å². The highest BCUT2D eigenvalue weighted by Gasteiger charge is 2.14. The number of halogens is 3. The van der Waals surface area contributed by atoms with Gasteiger partial charge in [-0.2, -0.15) is 0 Å². The summed E-state index contributed by atoms with van der Waals surface area (Å²) in [5.41, 5.74) is -0.264. The van der Waals surface area contributed by atoms with Crippen LogP contribution < -0.4 is 4.74 Å². The number of hydrogen-bond donors (Lipinski definition) is 0. The molecule has 2 saturated heterocycles. The van der Waals surface area contributed by atoms with Gasteiger partial charge in [-0.25, -0.2) is 4.39 Å². The molecule has 0 aliphatic carbocycles. The van der Waals surface area contributed by atoms with E-state index in [9.17, 15) is 14.5 Å². The predicted molar refractivity (Wildman–Crippen MR) is 108 cm³/mol. The Morgan fingerprint density at radius 3 is 2.11 bits per heavy atom. The van der Waals surface area contributed by atoms with E-state index in [1.165, 1.54) is 50.9 Å². The standard InChI is InChI=1S/C12H15FN2O3.C6H12ClN.ClH/c13-11-9-10(15(16)17)3-4-12(11)18-8-7-14-5-1-2-6-14;7-3-6-8-4-1-2-5-8;/h3-4,9H,1-2,5-8H2;1-6H2;1H. The van der Waals surface area contributed by atoms with Crippen molar-refractivity contribution in [1.82, 2.24) is 9.80 Å². The average Bonchev–Trinajstić information content (AvgIpc) is 3.31. The van der Waals surface area contributed by atoms with Crippen LogP contribution in [0.25, 0.3) is 0 Å². The Kier molecular flexibility index (Phi) is 11.6. The molecule has 0 N–H and O–H groups in total. The Morgan fingerprint density at radius 2 is 1.63 bits per heavy atom. The summed E-state index contributed by atoms with van der Waals surface area (Å²) in [5.74, 6) is 0.172. The van der Waals surface area contributed by atoms with Gasteiger partial charge in [0.05, 0.1) is 11.0 Å². The molecule has 6 nitrogen and oxygen atoms in total. The largest absolute Gasteiger partial charge is 0.489 e. The molecule has 1 aromatic rings. The summed E-state index contributed by atoms with van der Waals surface area (Å²) in [6, 6.07) is 3.43. The summed E-state index contributed by atoms with van der Waals surface area (Å²) >= 11 is 5.54. The summed E-state index contributed by atoms with van der Waals surface area (Å²) < 4.78 is 18.8. The molecular weight excluding hydrogens is 396 g/mol. The lowest BCUT2D eigenvalue weighted by Crippen LogP contribution is -2.25. The number of benzene rings is 1. The van der Waals surface area contributed by atoms with Gasteiger partial charge in [-0.1, -0.05) is 0 Å². The Morgan fingerprint density at radius 1 is 1.07 bits per heavy atom. The van der Waals surface area contributed by atoms with Crippen LogP contribution in [0.4, 0.5) is 10.1 Å². The first-order valence-electron chi connectivity index (χ1n) is 9.17. The van der Waals surface area contributed by atoms with E-state index >= 15 is 0 Å². The zero-order valence-corrected chi connectivity index (χ0v) is 17.0. The van der Waals surface area contributed by atoms with Crippen LogP contribution in [0.1, 0.15) is 25.7 Å². The molecule has 0 amide bonds. The average molecular weight is 424 g/mol. The Labute approximate surface area is 171 Å². The lowest BCUT2D eigenvalue weighted by atomic mass is 10.3. The van der Waals surface area contributed by atoms with E-state index < -0.39 is 10.7 Å². The molecule has 154 valence electrons. The van der Waals surface area contributed by atoms with E-state index in [1.807, 2.05) is 0 Å². The van der Waals surface area contributed by atoms with E-state index in [2.05, 4.69) is 9.80 Å². The van der Waals surface area contributed by atoms with Crippen molar-refractivity contribution in [1.29, 1.82) is 0 Å². The molecule has 0 radical (unpaired) electrons. The fourth-order valence-electron chi connectivity index (χ4n) is 3.14. The third-order valence-corrected chi connectivity index (χ3v) is 4.76. The topological polar surface area (TPSA) is 58.9 Å². The summed E-state index contributed by atoms with van der Waals surface area (Å²) in [6.45, 7) is 6.91. The Hall–Kier alpha value is -1.15. The van der Waals surface area contributed by atoms with Crippen LogP contribution in [0, 0.1) is 15.9 Å². The molecule has 0 unspecified atom stereocenters. The molecule has 2 fully saturated rings. The SMILES string of the molecule is Cl.ClCCN1CCCC1.O=[N+]([O-])c1ccc(OCCN2CCCC2)c(F)c1. The molecule has 0 saturated carbocycles. The zero-order valence-electron chi connectivity index (χ0n) is 15.4. The van der Waals surface area contributed by atoms with Crippen molar-refractivity contribution < 1.29 is 14.1 Å². The van der Waals surface area contributed by atoms with Crippen LogP contribution in [0.2, 0.25) is 0 Å². The summed E-state index contributed by atoms with van der Waals surface area (Å²) in [5, 5.41) is 10.4. The third kappa shape index (κ3) is 8.60. The minimum atomic E-state index is -0.689. The Bertz CT molecular complexity index is 569. The molecule has 1 aromatic carbocycles. The fraction of sp³-hybridized carbons (Fsp3) is 0.667. The lowest BCUT2D eigenvalue weighted by Gasteiger charge is -2.15. The second-order valence-corrected chi connectivity index (χ2v) is 6.88. The van der Waals surface area contributed by atoms with Crippen LogP contribution in [-0.4, -0.2) is 66.5 Å². The number of likely N-dealkylation sites (tertiary alicyclic amines) is 2. The third-order valence-electron chi connectivity index (χ3n) is 4.59. The van der Waals surface area contributed by atoms with E-state index in [1.54, 1.807) is 0 Å². The number of nitrogens with zero attached hydrogens (tertiary/aromatic N) is 3. The van der Waals surface area contributed by atoms with Gasteiger partial charge in [0.2, 0.25) is 0 Å². The highest BCUT2D eigenvalue weighted by molar-refractivity contribution is 6.18. The van der Waals surface area contributed by atoms with Gasteiger partial charge in [-0.3, -0.25) is 15.0 Å². The lowest BCUT2D eigenvalue weighted by molar-refractivity contribution is -0.385.